The number of benzene rings is 4. The van der Waals surface area contributed by atoms with E-state index in [-0.39, 0.29) is 10.8 Å². The van der Waals surface area contributed by atoms with Crippen molar-refractivity contribution in [3.63, 3.8) is 0 Å². The van der Waals surface area contributed by atoms with Crippen LogP contribution in [0, 0.1) is 49.5 Å². The molecule has 1 unspecified atom stereocenters. The van der Waals surface area contributed by atoms with Crippen molar-refractivity contribution in [1.82, 2.24) is 0 Å². The fraction of sp³-hybridized carbons (Fsp3) is 0.370. The van der Waals surface area contributed by atoms with Gasteiger partial charge in [0.25, 0.3) is 0 Å². The summed E-state index contributed by atoms with van der Waals surface area (Å²) >= 11 is 1.30. The van der Waals surface area contributed by atoms with Gasteiger partial charge < -0.3 is 0 Å². The summed E-state index contributed by atoms with van der Waals surface area (Å²) in [6, 6.07) is 36.8. The SMILES string of the molecule is CC(C)(C)c1[c-]c2c(cc1)-c1ccc(C(C)(C)C)cc1C2.CC1[C-]=CC(C(C)(C)C)=C1.Cc1cc[c-]cc1.Cc1cc[c-]cc1.[CH2]=[Zr]. The molecule has 0 fully saturated rings. The molecule has 4 aromatic rings. The van der Waals surface area contributed by atoms with E-state index in [1.54, 1.807) is 0 Å². The first-order valence-electron chi connectivity index (χ1n) is 16.7. The number of aryl methyl sites for hydroxylation is 2. The number of allylic oxidation sites excluding steroid dienone is 4. The molecule has 0 radical (unpaired) electrons. The van der Waals surface area contributed by atoms with Crippen molar-refractivity contribution in [2.75, 3.05) is 0 Å². The van der Waals surface area contributed by atoms with Crippen LogP contribution in [0.25, 0.3) is 11.1 Å². The molecule has 4 aromatic carbocycles. The first-order valence-corrected chi connectivity index (χ1v) is 18.4. The van der Waals surface area contributed by atoms with Gasteiger partial charge >= 0.3 is 28.4 Å². The topological polar surface area (TPSA) is 0 Å². The summed E-state index contributed by atoms with van der Waals surface area (Å²) in [5.74, 6) is 0.522. The summed E-state index contributed by atoms with van der Waals surface area (Å²) in [6.07, 6.45) is 8.68. The fourth-order valence-electron chi connectivity index (χ4n) is 5.02. The molecule has 0 aromatic heterocycles. The second-order valence-corrected chi connectivity index (χ2v) is 15.4. The summed E-state index contributed by atoms with van der Waals surface area (Å²) in [5, 5.41) is 0. The maximum absolute atomic E-state index is 3.67. The molecule has 2 aliphatic rings. The first kappa shape index (κ1) is 40.3. The summed E-state index contributed by atoms with van der Waals surface area (Å²) in [5.41, 5.74) is 13.0. The second-order valence-electron chi connectivity index (χ2n) is 15.4. The first-order chi connectivity index (χ1) is 21.9. The third kappa shape index (κ3) is 13.3. The Hall–Kier alpha value is -2.89. The molecule has 0 saturated heterocycles. The Labute approximate surface area is 303 Å². The van der Waals surface area contributed by atoms with Gasteiger partial charge in [-0.15, -0.1) is 11.1 Å². The Morgan fingerprint density at radius 1 is 0.660 bits per heavy atom. The van der Waals surface area contributed by atoms with E-state index in [9.17, 15) is 0 Å². The van der Waals surface area contributed by atoms with Gasteiger partial charge in [-0.25, -0.2) is 6.08 Å². The van der Waals surface area contributed by atoms with Crippen molar-refractivity contribution in [2.24, 2.45) is 11.3 Å². The molecule has 0 bridgehead atoms. The van der Waals surface area contributed by atoms with E-state index in [4.69, 9.17) is 0 Å². The minimum atomic E-state index is 0.167. The van der Waals surface area contributed by atoms with Crippen LogP contribution in [0.15, 0.2) is 96.6 Å². The van der Waals surface area contributed by atoms with Gasteiger partial charge in [-0.1, -0.05) is 118 Å². The predicted octanol–water partition coefficient (Wildman–Crippen LogP) is 12.2. The van der Waals surface area contributed by atoms with Crippen molar-refractivity contribution < 1.29 is 24.2 Å². The van der Waals surface area contributed by atoms with Gasteiger partial charge in [0.05, 0.1) is 0 Å². The van der Waals surface area contributed by atoms with E-state index >= 15 is 0 Å². The summed E-state index contributed by atoms with van der Waals surface area (Å²) < 4.78 is 3.34. The quantitative estimate of drug-likeness (QED) is 0.141. The third-order valence-corrected chi connectivity index (χ3v) is 8.03. The van der Waals surface area contributed by atoms with Crippen molar-refractivity contribution in [3.8, 4) is 11.1 Å². The monoisotopic (exact) mass is 698 g/mol. The Kier molecular flexibility index (Phi) is 15.5. The second kappa shape index (κ2) is 18.0. The molecular weight excluding hydrogens is 644 g/mol. The van der Waals surface area contributed by atoms with Gasteiger partial charge in [0, 0.05) is 0 Å². The van der Waals surface area contributed by atoms with E-state index in [1.807, 2.05) is 48.5 Å². The summed E-state index contributed by atoms with van der Waals surface area (Å²) in [6.45, 7) is 26.6. The number of hydrogen-bond acceptors (Lipinski definition) is 0. The molecule has 248 valence electrons. The minimum absolute atomic E-state index is 0.167. The standard InChI is InChI=1S/C21H25.C10H15.2C7H7.CH2.Zr/c1-20(2,3)16-7-9-18-14(12-16)11-15-13-17(21(4,5)6)8-10-19(15)18;1-8-5-6-9(7-8)10(2,3)4;2*1-7-5-3-2-4-6-7;;/h7-10,12H,11H2,1-6H3;6-8H,1-4H3;2*3-6H,1H3;1H2;/q4*-1;;. The Bertz CT molecular complexity index is 1480. The van der Waals surface area contributed by atoms with Gasteiger partial charge in [0.15, 0.2) is 0 Å². The molecule has 1 atom stereocenters. The molecule has 0 saturated carbocycles. The van der Waals surface area contributed by atoms with Crippen molar-refractivity contribution >= 4 is 4.21 Å². The van der Waals surface area contributed by atoms with E-state index in [0.29, 0.717) is 11.3 Å². The number of fused-ring (bicyclic) bond motifs is 3. The average Bonchev–Trinajstić information content (AvgIpc) is 3.62. The Morgan fingerprint density at radius 3 is 1.53 bits per heavy atom. The van der Waals surface area contributed by atoms with E-state index in [1.165, 1.54) is 74.3 Å². The Balaban J connectivity index is 0.000000244. The van der Waals surface area contributed by atoms with Gasteiger partial charge in [-0.05, 0) is 28.4 Å². The van der Waals surface area contributed by atoms with Crippen LogP contribution in [-0.4, -0.2) is 4.21 Å². The average molecular weight is 700 g/mol. The van der Waals surface area contributed by atoms with E-state index in [2.05, 4.69) is 154 Å². The zero-order valence-corrected chi connectivity index (χ0v) is 33.6. The van der Waals surface area contributed by atoms with Crippen LogP contribution >= 0.6 is 0 Å². The molecule has 0 aliphatic heterocycles. The molecular formula is C46H56Zr-4. The number of rotatable bonds is 0. The maximum atomic E-state index is 3.67. The molecule has 0 heterocycles. The van der Waals surface area contributed by atoms with Gasteiger partial charge in [-0.3, -0.25) is 6.08 Å². The normalized spacial score (nSPS) is 14.3. The van der Waals surface area contributed by atoms with Crippen LogP contribution in [0.1, 0.15) is 103 Å². The van der Waals surface area contributed by atoms with Crippen LogP contribution < -0.4 is 0 Å². The molecule has 0 spiro atoms. The molecule has 47 heavy (non-hydrogen) atoms. The van der Waals surface area contributed by atoms with E-state index in [0.717, 1.165) is 6.42 Å². The molecule has 0 N–H and O–H groups in total. The van der Waals surface area contributed by atoms with Crippen LogP contribution in [0.4, 0.5) is 0 Å². The van der Waals surface area contributed by atoms with Crippen LogP contribution in [-0.2, 0) is 41.5 Å². The molecule has 6 rings (SSSR count). The van der Waals surface area contributed by atoms with Gasteiger partial charge in [-0.2, -0.15) is 107 Å². The predicted molar refractivity (Wildman–Crippen MR) is 203 cm³/mol. The fourth-order valence-corrected chi connectivity index (χ4v) is 5.02. The molecule has 0 amide bonds. The third-order valence-electron chi connectivity index (χ3n) is 8.03. The van der Waals surface area contributed by atoms with Crippen LogP contribution in [0.2, 0.25) is 0 Å². The molecule has 2 aliphatic carbocycles. The zero-order valence-electron chi connectivity index (χ0n) is 31.2. The van der Waals surface area contributed by atoms with Gasteiger partial charge in [0.2, 0.25) is 0 Å². The Morgan fingerprint density at radius 2 is 1.17 bits per heavy atom. The van der Waals surface area contributed by atoms with E-state index < -0.39 is 0 Å². The van der Waals surface area contributed by atoms with Gasteiger partial charge in [0.1, 0.15) is 0 Å². The molecule has 1 heteroatoms. The van der Waals surface area contributed by atoms with Crippen LogP contribution in [0.3, 0.4) is 0 Å². The van der Waals surface area contributed by atoms with Crippen molar-refractivity contribution in [1.29, 1.82) is 0 Å². The van der Waals surface area contributed by atoms with Crippen molar-refractivity contribution in [2.45, 2.75) is 100 Å². The van der Waals surface area contributed by atoms with Crippen LogP contribution in [0.5, 0.6) is 0 Å². The molecule has 0 nitrogen and oxygen atoms in total. The zero-order chi connectivity index (χ0) is 35.4. The summed E-state index contributed by atoms with van der Waals surface area (Å²) in [7, 11) is 0. The van der Waals surface area contributed by atoms with Crippen molar-refractivity contribution in [3.05, 3.63) is 154 Å². The summed E-state index contributed by atoms with van der Waals surface area (Å²) in [4.78, 5) is 0. The number of hydrogen-bond donors (Lipinski definition) is 0.